The zero-order valence-electron chi connectivity index (χ0n) is 12.5. The van der Waals surface area contributed by atoms with E-state index in [1.807, 2.05) is 12.1 Å². The molecule has 21 heavy (non-hydrogen) atoms. The summed E-state index contributed by atoms with van der Waals surface area (Å²) in [6.45, 7) is 5.34. The molecular weight excluding hydrogens is 346 g/mol. The predicted molar refractivity (Wildman–Crippen MR) is 95.1 cm³/mol. The average Bonchev–Trinajstić information content (AvgIpc) is 2.48. The molecule has 0 fully saturated rings. The molecule has 0 saturated heterocycles. The second-order valence-electron chi connectivity index (χ2n) is 5.32. The number of hydrogen-bond acceptors (Lipinski definition) is 1. The Labute approximate surface area is 140 Å². The first kappa shape index (κ1) is 16.5. The molecule has 0 radical (unpaired) electrons. The van der Waals surface area contributed by atoms with Crippen LogP contribution in [0.5, 0.6) is 0 Å². The lowest BCUT2D eigenvalue weighted by molar-refractivity contribution is 0.527. The van der Waals surface area contributed by atoms with Crippen LogP contribution in [-0.2, 0) is 6.42 Å². The Bertz CT molecular complexity index is 580. The smallest absolute Gasteiger partial charge is 0.0406 e. The summed E-state index contributed by atoms with van der Waals surface area (Å²) in [5, 5.41) is 4.44. The van der Waals surface area contributed by atoms with E-state index in [1.165, 1.54) is 21.2 Å². The fourth-order valence-electron chi connectivity index (χ4n) is 2.41. The number of hydrogen-bond donors (Lipinski definition) is 1. The lowest BCUT2D eigenvalue weighted by atomic mass is 9.97. The van der Waals surface area contributed by atoms with Crippen LogP contribution in [-0.4, -0.2) is 6.54 Å². The number of halogens is 2. The van der Waals surface area contributed by atoms with Gasteiger partial charge in [-0.3, -0.25) is 0 Å². The van der Waals surface area contributed by atoms with Gasteiger partial charge in [0.25, 0.3) is 0 Å². The normalized spacial score (nSPS) is 12.4. The van der Waals surface area contributed by atoms with Crippen molar-refractivity contribution in [2.24, 2.45) is 0 Å². The van der Waals surface area contributed by atoms with Crippen LogP contribution < -0.4 is 5.32 Å². The Kier molecular flexibility index (Phi) is 6.28. The zero-order valence-corrected chi connectivity index (χ0v) is 14.8. The molecule has 0 saturated carbocycles. The topological polar surface area (TPSA) is 12.0 Å². The van der Waals surface area contributed by atoms with E-state index < -0.39 is 0 Å². The van der Waals surface area contributed by atoms with E-state index in [1.54, 1.807) is 0 Å². The standard InChI is InChI=1S/C18H21BrClN/c1-3-11-21-17(12-14-7-9-15(20)10-8-14)16-6-4-5-13(2)18(16)19/h4-10,17,21H,3,11-12H2,1-2H3. The minimum Gasteiger partial charge on any atom is -0.310 e. The Morgan fingerprint density at radius 3 is 2.52 bits per heavy atom. The van der Waals surface area contributed by atoms with Gasteiger partial charge in [-0.15, -0.1) is 0 Å². The molecule has 0 bridgehead atoms. The summed E-state index contributed by atoms with van der Waals surface area (Å²) < 4.78 is 1.20. The first-order valence-electron chi connectivity index (χ1n) is 7.34. The van der Waals surface area contributed by atoms with Gasteiger partial charge in [-0.05, 0) is 55.1 Å². The van der Waals surface area contributed by atoms with Crippen molar-refractivity contribution >= 4 is 27.5 Å². The molecular formula is C18H21BrClN. The molecule has 0 aliphatic heterocycles. The van der Waals surface area contributed by atoms with E-state index in [0.29, 0.717) is 6.04 Å². The minimum absolute atomic E-state index is 0.306. The van der Waals surface area contributed by atoms with Gasteiger partial charge in [0.1, 0.15) is 0 Å². The second kappa shape index (κ2) is 7.98. The van der Waals surface area contributed by atoms with Gasteiger partial charge in [0, 0.05) is 15.5 Å². The van der Waals surface area contributed by atoms with Crippen LogP contribution in [0.15, 0.2) is 46.9 Å². The molecule has 112 valence electrons. The first-order valence-corrected chi connectivity index (χ1v) is 8.51. The second-order valence-corrected chi connectivity index (χ2v) is 6.54. The van der Waals surface area contributed by atoms with Gasteiger partial charge in [0.15, 0.2) is 0 Å². The minimum atomic E-state index is 0.306. The van der Waals surface area contributed by atoms with Gasteiger partial charge in [-0.25, -0.2) is 0 Å². The maximum absolute atomic E-state index is 5.97. The third kappa shape index (κ3) is 4.57. The van der Waals surface area contributed by atoms with Gasteiger partial charge >= 0.3 is 0 Å². The summed E-state index contributed by atoms with van der Waals surface area (Å²) in [5.74, 6) is 0. The van der Waals surface area contributed by atoms with Crippen LogP contribution in [0.3, 0.4) is 0 Å². The van der Waals surface area contributed by atoms with Crippen molar-refractivity contribution < 1.29 is 0 Å². The monoisotopic (exact) mass is 365 g/mol. The zero-order chi connectivity index (χ0) is 15.2. The summed E-state index contributed by atoms with van der Waals surface area (Å²) in [6.07, 6.45) is 2.08. The molecule has 0 aromatic heterocycles. The Morgan fingerprint density at radius 2 is 1.86 bits per heavy atom. The quantitative estimate of drug-likeness (QED) is 0.692. The van der Waals surface area contributed by atoms with Crippen LogP contribution in [0.2, 0.25) is 5.02 Å². The molecule has 1 unspecified atom stereocenters. The fourth-order valence-corrected chi connectivity index (χ4v) is 3.07. The van der Waals surface area contributed by atoms with Crippen LogP contribution in [0.25, 0.3) is 0 Å². The summed E-state index contributed by atoms with van der Waals surface area (Å²) in [5.41, 5.74) is 3.88. The molecule has 0 spiro atoms. The Morgan fingerprint density at radius 1 is 1.14 bits per heavy atom. The van der Waals surface area contributed by atoms with Gasteiger partial charge < -0.3 is 5.32 Å². The predicted octanol–water partition coefficient (Wildman–Crippen LogP) is 5.69. The Balaban J connectivity index is 2.25. The summed E-state index contributed by atoms with van der Waals surface area (Å²) >= 11 is 9.71. The highest BCUT2D eigenvalue weighted by Gasteiger charge is 2.15. The lowest BCUT2D eigenvalue weighted by Gasteiger charge is -2.21. The van der Waals surface area contributed by atoms with Crippen LogP contribution >= 0.6 is 27.5 Å². The van der Waals surface area contributed by atoms with E-state index >= 15 is 0 Å². The molecule has 2 rings (SSSR count). The van der Waals surface area contributed by atoms with Crippen molar-refractivity contribution in [3.8, 4) is 0 Å². The van der Waals surface area contributed by atoms with E-state index in [0.717, 1.165) is 24.4 Å². The fraction of sp³-hybridized carbons (Fsp3) is 0.333. The lowest BCUT2D eigenvalue weighted by Crippen LogP contribution is -2.24. The Hall–Kier alpha value is -0.830. The molecule has 1 nitrogen and oxygen atoms in total. The summed E-state index contributed by atoms with van der Waals surface area (Å²) in [7, 11) is 0. The number of benzene rings is 2. The highest BCUT2D eigenvalue weighted by molar-refractivity contribution is 9.10. The molecule has 0 heterocycles. The maximum atomic E-state index is 5.97. The number of rotatable bonds is 6. The van der Waals surface area contributed by atoms with Gasteiger partial charge in [0.2, 0.25) is 0 Å². The van der Waals surface area contributed by atoms with Gasteiger partial charge in [-0.1, -0.05) is 64.8 Å². The molecule has 2 aromatic rings. The van der Waals surface area contributed by atoms with Crippen LogP contribution in [0.4, 0.5) is 0 Å². The average molecular weight is 367 g/mol. The summed E-state index contributed by atoms with van der Waals surface area (Å²) in [6, 6.07) is 14.9. The van der Waals surface area contributed by atoms with Crippen molar-refractivity contribution in [3.63, 3.8) is 0 Å². The van der Waals surface area contributed by atoms with Gasteiger partial charge in [0.05, 0.1) is 0 Å². The van der Waals surface area contributed by atoms with Crippen molar-refractivity contribution in [1.82, 2.24) is 5.32 Å². The number of aryl methyl sites for hydroxylation is 1. The van der Waals surface area contributed by atoms with E-state index in [2.05, 4.69) is 65.4 Å². The first-order chi connectivity index (χ1) is 10.1. The van der Waals surface area contributed by atoms with E-state index in [4.69, 9.17) is 11.6 Å². The van der Waals surface area contributed by atoms with Crippen molar-refractivity contribution in [1.29, 1.82) is 0 Å². The molecule has 3 heteroatoms. The summed E-state index contributed by atoms with van der Waals surface area (Å²) in [4.78, 5) is 0. The van der Waals surface area contributed by atoms with Gasteiger partial charge in [-0.2, -0.15) is 0 Å². The SMILES string of the molecule is CCCNC(Cc1ccc(Cl)cc1)c1cccc(C)c1Br. The highest BCUT2D eigenvalue weighted by Crippen LogP contribution is 2.29. The van der Waals surface area contributed by atoms with Crippen LogP contribution in [0, 0.1) is 6.92 Å². The van der Waals surface area contributed by atoms with Crippen LogP contribution in [0.1, 0.15) is 36.1 Å². The van der Waals surface area contributed by atoms with E-state index in [-0.39, 0.29) is 0 Å². The molecule has 1 atom stereocenters. The van der Waals surface area contributed by atoms with E-state index in [9.17, 15) is 0 Å². The number of nitrogens with one attached hydrogen (secondary N) is 1. The molecule has 0 aliphatic rings. The third-order valence-electron chi connectivity index (χ3n) is 3.59. The van der Waals surface area contributed by atoms with Crippen molar-refractivity contribution in [3.05, 3.63) is 68.7 Å². The van der Waals surface area contributed by atoms with Crippen molar-refractivity contribution in [2.75, 3.05) is 6.54 Å². The molecule has 2 aromatic carbocycles. The molecule has 0 amide bonds. The molecule has 1 N–H and O–H groups in total. The molecule has 0 aliphatic carbocycles. The third-order valence-corrected chi connectivity index (χ3v) is 4.93. The maximum Gasteiger partial charge on any atom is 0.0406 e. The highest BCUT2D eigenvalue weighted by atomic mass is 79.9. The largest absolute Gasteiger partial charge is 0.310 e. The van der Waals surface area contributed by atoms with Crippen molar-refractivity contribution in [2.45, 2.75) is 32.7 Å².